The van der Waals surface area contributed by atoms with Gasteiger partial charge >= 0.3 is 0 Å². The van der Waals surface area contributed by atoms with Crippen molar-refractivity contribution in [1.82, 2.24) is 0 Å². The van der Waals surface area contributed by atoms with Crippen LogP contribution < -0.4 is 0 Å². The molecule has 0 spiro atoms. The molecule has 86 valence electrons. The highest BCUT2D eigenvalue weighted by Gasteiger charge is 2.14. The van der Waals surface area contributed by atoms with Crippen LogP contribution in [-0.2, 0) is 0 Å². The van der Waals surface area contributed by atoms with E-state index in [1.807, 2.05) is 6.07 Å². The van der Waals surface area contributed by atoms with Crippen LogP contribution in [0.2, 0.25) is 0 Å². The van der Waals surface area contributed by atoms with Gasteiger partial charge < -0.3 is 0 Å². The fourth-order valence-electron chi connectivity index (χ4n) is 1.92. The van der Waals surface area contributed by atoms with Gasteiger partial charge in [-0.3, -0.25) is 0 Å². The summed E-state index contributed by atoms with van der Waals surface area (Å²) in [4.78, 5) is 0. The maximum Gasteiger partial charge on any atom is 0.0179 e. The van der Waals surface area contributed by atoms with Gasteiger partial charge in [-0.2, -0.15) is 0 Å². The summed E-state index contributed by atoms with van der Waals surface area (Å²) < 4.78 is 1.05. The third-order valence-electron chi connectivity index (χ3n) is 2.92. The van der Waals surface area contributed by atoms with Crippen molar-refractivity contribution >= 4 is 28.2 Å². The molecule has 1 heteroatoms. The summed E-state index contributed by atoms with van der Waals surface area (Å²) >= 11 is 2.43. The van der Waals surface area contributed by atoms with E-state index < -0.39 is 0 Å². The van der Waals surface area contributed by atoms with Gasteiger partial charge in [-0.15, -0.1) is 0 Å². The van der Waals surface area contributed by atoms with Gasteiger partial charge in [-0.25, -0.2) is 0 Å². The Hall–Kier alpha value is -1.09. The second kappa shape index (κ2) is 6.01. The van der Waals surface area contributed by atoms with Crippen LogP contribution in [0.4, 0.5) is 0 Å². The van der Waals surface area contributed by atoms with Crippen LogP contribution in [0.15, 0.2) is 67.2 Å². The predicted molar refractivity (Wildman–Crippen MR) is 83.5 cm³/mol. The second-order valence-electron chi connectivity index (χ2n) is 4.01. The molecule has 1 atom stereocenters. The second-order valence-corrected chi connectivity index (χ2v) is 4.89. The minimum absolute atomic E-state index is 0.402. The molecule has 0 aromatic heterocycles. The molecule has 0 aliphatic rings. The molecule has 0 radical (unpaired) electrons. The summed E-state index contributed by atoms with van der Waals surface area (Å²) in [5.41, 5.74) is 3.78. The van der Waals surface area contributed by atoms with Crippen molar-refractivity contribution in [2.24, 2.45) is 0 Å². The Kier molecular flexibility index (Phi) is 4.37. The molecule has 0 nitrogen and oxygen atoms in total. The zero-order valence-corrected chi connectivity index (χ0v) is 11.8. The van der Waals surface area contributed by atoms with Crippen molar-refractivity contribution in [3.8, 4) is 0 Å². The third-order valence-corrected chi connectivity index (χ3v) is 3.80. The minimum atomic E-state index is 0.402. The highest BCUT2D eigenvalue weighted by Crippen LogP contribution is 2.32. The molecule has 2 aromatic rings. The first kappa shape index (κ1) is 12.4. The highest BCUT2D eigenvalue weighted by atomic mass is 127. The van der Waals surface area contributed by atoms with Crippen molar-refractivity contribution in [3.05, 3.63) is 78.4 Å². The molecule has 1 unspecified atom stereocenters. The quantitative estimate of drug-likeness (QED) is 0.550. The Morgan fingerprint density at radius 3 is 2.00 bits per heavy atom. The Labute approximate surface area is 117 Å². The van der Waals surface area contributed by atoms with E-state index in [0.29, 0.717) is 5.92 Å². The third kappa shape index (κ3) is 2.97. The molecular weight excluding hydrogens is 319 g/mol. The fraction of sp³-hybridized carbons (Fsp3) is 0.125. The summed E-state index contributed by atoms with van der Waals surface area (Å²) in [6, 6.07) is 21.0. The molecule has 0 N–H and O–H groups in total. The van der Waals surface area contributed by atoms with E-state index in [4.69, 9.17) is 0 Å². The summed E-state index contributed by atoms with van der Waals surface area (Å²) in [5, 5.41) is 0. The summed E-state index contributed by atoms with van der Waals surface area (Å²) in [6.07, 6.45) is 0. The number of rotatable bonds is 4. The van der Waals surface area contributed by atoms with E-state index in [0.717, 1.165) is 4.43 Å². The fourth-order valence-corrected chi connectivity index (χ4v) is 2.96. The molecule has 0 aliphatic heterocycles. The highest BCUT2D eigenvalue weighted by molar-refractivity contribution is 14.1. The molecule has 0 fully saturated rings. The lowest BCUT2D eigenvalue weighted by molar-refractivity contribution is 1.03. The largest absolute Gasteiger partial charge is 0.0946 e. The minimum Gasteiger partial charge on any atom is -0.0946 e. The van der Waals surface area contributed by atoms with Crippen LogP contribution >= 0.6 is 22.6 Å². The Bertz CT molecular complexity index is 473. The first-order chi connectivity index (χ1) is 8.33. The normalized spacial score (nSPS) is 12.1. The number of benzene rings is 2. The lowest BCUT2D eigenvalue weighted by atomic mass is 9.89. The van der Waals surface area contributed by atoms with E-state index in [1.54, 1.807) is 0 Å². The summed E-state index contributed by atoms with van der Waals surface area (Å²) in [7, 11) is 0. The number of hydrogen-bond donors (Lipinski definition) is 0. The number of allylic oxidation sites excluding steroid dienone is 1. The van der Waals surface area contributed by atoms with Gasteiger partial charge in [-0.05, 0) is 16.7 Å². The molecule has 2 rings (SSSR count). The van der Waals surface area contributed by atoms with Crippen LogP contribution in [0.1, 0.15) is 17.0 Å². The summed E-state index contributed by atoms with van der Waals surface area (Å²) in [6.45, 7) is 4.27. The van der Waals surface area contributed by atoms with Gasteiger partial charge in [0.2, 0.25) is 0 Å². The van der Waals surface area contributed by atoms with Crippen LogP contribution in [0.5, 0.6) is 0 Å². The molecule has 0 aliphatic carbocycles. The molecule has 0 amide bonds. The summed E-state index contributed by atoms with van der Waals surface area (Å²) in [5.74, 6) is 0.402. The van der Waals surface area contributed by atoms with Crippen LogP contribution in [0.25, 0.3) is 5.57 Å². The molecule has 0 saturated heterocycles. The van der Waals surface area contributed by atoms with Crippen molar-refractivity contribution in [2.75, 3.05) is 4.43 Å². The Morgan fingerprint density at radius 2 is 1.47 bits per heavy atom. The van der Waals surface area contributed by atoms with E-state index >= 15 is 0 Å². The molecular formula is C16H15I. The van der Waals surface area contributed by atoms with Gasteiger partial charge in [0.1, 0.15) is 0 Å². The molecule has 0 heterocycles. The van der Waals surface area contributed by atoms with Crippen molar-refractivity contribution < 1.29 is 0 Å². The SMILES string of the molecule is C=C(c1ccccc1)C(CI)c1ccccc1. The topological polar surface area (TPSA) is 0 Å². The lowest BCUT2D eigenvalue weighted by Crippen LogP contribution is -2.02. The maximum absolute atomic E-state index is 4.27. The first-order valence-corrected chi connectivity index (χ1v) is 7.20. The zero-order chi connectivity index (χ0) is 12.1. The smallest absolute Gasteiger partial charge is 0.0179 e. The standard InChI is InChI=1S/C16H15I/c1-13(14-8-4-2-5-9-14)16(12-17)15-10-6-3-7-11-15/h2-11,16H,1,12H2. The average molecular weight is 334 g/mol. The molecule has 2 aromatic carbocycles. The molecule has 0 bridgehead atoms. The number of hydrogen-bond acceptors (Lipinski definition) is 0. The van der Waals surface area contributed by atoms with Crippen LogP contribution in [0.3, 0.4) is 0 Å². The Balaban J connectivity index is 2.29. The Morgan fingerprint density at radius 1 is 0.941 bits per heavy atom. The monoisotopic (exact) mass is 334 g/mol. The van der Waals surface area contributed by atoms with Gasteiger partial charge in [-0.1, -0.05) is 89.8 Å². The van der Waals surface area contributed by atoms with Gasteiger partial charge in [0.05, 0.1) is 0 Å². The first-order valence-electron chi connectivity index (χ1n) is 5.68. The van der Waals surface area contributed by atoms with E-state index in [9.17, 15) is 0 Å². The molecule has 0 saturated carbocycles. The van der Waals surface area contributed by atoms with Crippen LogP contribution in [-0.4, -0.2) is 4.43 Å². The van der Waals surface area contributed by atoms with Crippen molar-refractivity contribution in [3.63, 3.8) is 0 Å². The average Bonchev–Trinajstić information content (AvgIpc) is 2.42. The molecule has 17 heavy (non-hydrogen) atoms. The van der Waals surface area contributed by atoms with Gasteiger partial charge in [0.25, 0.3) is 0 Å². The number of alkyl halides is 1. The van der Waals surface area contributed by atoms with Gasteiger partial charge in [0.15, 0.2) is 0 Å². The van der Waals surface area contributed by atoms with Crippen molar-refractivity contribution in [2.45, 2.75) is 5.92 Å². The number of halogens is 1. The van der Waals surface area contributed by atoms with E-state index in [-0.39, 0.29) is 0 Å². The maximum atomic E-state index is 4.27. The lowest BCUT2D eigenvalue weighted by Gasteiger charge is -2.18. The van der Waals surface area contributed by atoms with Crippen LogP contribution in [0, 0.1) is 0 Å². The zero-order valence-electron chi connectivity index (χ0n) is 9.64. The van der Waals surface area contributed by atoms with E-state index in [2.05, 4.69) is 83.8 Å². The van der Waals surface area contributed by atoms with E-state index in [1.165, 1.54) is 16.7 Å². The predicted octanol–water partition coefficient (Wildman–Crippen LogP) is 4.92. The van der Waals surface area contributed by atoms with Gasteiger partial charge in [0, 0.05) is 10.3 Å². The van der Waals surface area contributed by atoms with Crippen molar-refractivity contribution in [1.29, 1.82) is 0 Å².